The molecule has 0 atom stereocenters. The number of hydrogen-bond acceptors (Lipinski definition) is 4. The lowest BCUT2D eigenvalue weighted by atomic mass is 10.0. The van der Waals surface area contributed by atoms with Gasteiger partial charge in [-0.2, -0.15) is 0 Å². The van der Waals surface area contributed by atoms with Crippen molar-refractivity contribution in [2.24, 2.45) is 0 Å². The molecular formula is C23H27ClN2O3. The fraction of sp³-hybridized carbons (Fsp3) is 0.391. The van der Waals surface area contributed by atoms with E-state index in [1.165, 1.54) is 7.11 Å². The van der Waals surface area contributed by atoms with Gasteiger partial charge in [0, 0.05) is 17.6 Å². The number of likely N-dealkylation sites (tertiary alicyclic amines) is 1. The molecule has 0 aliphatic carbocycles. The van der Waals surface area contributed by atoms with Crippen LogP contribution < -0.4 is 0 Å². The molecule has 154 valence electrons. The van der Waals surface area contributed by atoms with Crippen LogP contribution in [0, 0.1) is 0 Å². The third kappa shape index (κ3) is 5.81. The molecule has 0 N–H and O–H groups in total. The largest absolute Gasteiger partial charge is 0.465 e. The number of hydrogen-bond donors (Lipinski definition) is 0. The minimum Gasteiger partial charge on any atom is -0.465 e. The fourth-order valence-electron chi connectivity index (χ4n) is 3.67. The van der Waals surface area contributed by atoms with Crippen molar-refractivity contribution in [1.82, 2.24) is 9.80 Å². The van der Waals surface area contributed by atoms with Crippen LogP contribution in [-0.2, 0) is 22.5 Å². The van der Waals surface area contributed by atoms with Gasteiger partial charge in [-0.1, -0.05) is 35.9 Å². The Morgan fingerprint density at radius 2 is 1.62 bits per heavy atom. The summed E-state index contributed by atoms with van der Waals surface area (Å²) < 4.78 is 4.76. The smallest absolute Gasteiger partial charge is 0.337 e. The topological polar surface area (TPSA) is 49.9 Å². The lowest BCUT2D eigenvalue weighted by molar-refractivity contribution is -0.134. The van der Waals surface area contributed by atoms with Crippen molar-refractivity contribution in [3.8, 4) is 0 Å². The molecule has 1 aliphatic rings. The quantitative estimate of drug-likeness (QED) is 0.675. The van der Waals surface area contributed by atoms with Gasteiger partial charge in [-0.15, -0.1) is 0 Å². The van der Waals surface area contributed by atoms with Crippen LogP contribution in [0.3, 0.4) is 0 Å². The second-order valence-corrected chi connectivity index (χ2v) is 7.98. The van der Waals surface area contributed by atoms with Gasteiger partial charge < -0.3 is 14.5 Å². The van der Waals surface area contributed by atoms with Gasteiger partial charge in [0.05, 0.1) is 19.1 Å². The average molecular weight is 415 g/mol. The van der Waals surface area contributed by atoms with E-state index in [2.05, 4.69) is 11.9 Å². The molecule has 0 spiro atoms. The summed E-state index contributed by atoms with van der Waals surface area (Å²) >= 11 is 5.97. The van der Waals surface area contributed by atoms with Gasteiger partial charge in [0.15, 0.2) is 0 Å². The van der Waals surface area contributed by atoms with Crippen LogP contribution >= 0.6 is 11.6 Å². The van der Waals surface area contributed by atoms with Crippen LogP contribution in [0.5, 0.6) is 0 Å². The van der Waals surface area contributed by atoms with E-state index in [4.69, 9.17) is 16.3 Å². The summed E-state index contributed by atoms with van der Waals surface area (Å²) in [7, 11) is 3.48. The Kier molecular flexibility index (Phi) is 7.29. The first-order chi connectivity index (χ1) is 14.0. The zero-order chi connectivity index (χ0) is 20.8. The van der Waals surface area contributed by atoms with E-state index < -0.39 is 0 Å². The van der Waals surface area contributed by atoms with Gasteiger partial charge in [0.2, 0.25) is 5.91 Å². The van der Waals surface area contributed by atoms with Gasteiger partial charge in [-0.3, -0.25) is 4.79 Å². The molecule has 1 aliphatic heterocycles. The Labute approximate surface area is 177 Å². The first-order valence-electron chi connectivity index (χ1n) is 9.86. The Morgan fingerprint density at radius 3 is 2.21 bits per heavy atom. The summed E-state index contributed by atoms with van der Waals surface area (Å²) in [5.41, 5.74) is 2.47. The van der Waals surface area contributed by atoms with Crippen molar-refractivity contribution in [3.05, 3.63) is 70.2 Å². The van der Waals surface area contributed by atoms with Crippen molar-refractivity contribution in [1.29, 1.82) is 0 Å². The first kappa shape index (κ1) is 21.3. The van der Waals surface area contributed by atoms with Crippen molar-refractivity contribution in [2.75, 3.05) is 27.2 Å². The summed E-state index contributed by atoms with van der Waals surface area (Å²) in [5.74, 6) is -0.249. The number of nitrogens with zero attached hydrogens (tertiary/aromatic N) is 2. The Morgan fingerprint density at radius 1 is 1.03 bits per heavy atom. The third-order valence-corrected chi connectivity index (χ3v) is 5.70. The number of piperidine rings is 1. The predicted octanol–water partition coefficient (Wildman–Crippen LogP) is 3.79. The highest BCUT2D eigenvalue weighted by Crippen LogP contribution is 2.21. The van der Waals surface area contributed by atoms with Crippen LogP contribution in [0.1, 0.15) is 34.3 Å². The minimum absolute atomic E-state index is 0.110. The predicted molar refractivity (Wildman–Crippen MR) is 114 cm³/mol. The highest BCUT2D eigenvalue weighted by atomic mass is 35.5. The van der Waals surface area contributed by atoms with Crippen molar-refractivity contribution >= 4 is 23.5 Å². The van der Waals surface area contributed by atoms with Crippen LogP contribution in [-0.4, -0.2) is 55.0 Å². The van der Waals surface area contributed by atoms with E-state index in [1.807, 2.05) is 41.3 Å². The number of ether oxygens (including phenoxy) is 1. The Balaban J connectivity index is 1.76. The number of carbonyl (C=O) groups is 2. The minimum atomic E-state index is -0.359. The van der Waals surface area contributed by atoms with E-state index in [1.54, 1.807) is 12.1 Å². The zero-order valence-corrected chi connectivity index (χ0v) is 17.7. The van der Waals surface area contributed by atoms with Crippen molar-refractivity contribution in [2.45, 2.75) is 31.8 Å². The summed E-state index contributed by atoms with van der Waals surface area (Å²) in [6, 6.07) is 14.9. The number of halogens is 1. The van der Waals surface area contributed by atoms with Gasteiger partial charge in [-0.05, 0) is 68.4 Å². The normalized spacial score (nSPS) is 15.1. The molecule has 1 saturated heterocycles. The van der Waals surface area contributed by atoms with Crippen LogP contribution in [0.15, 0.2) is 48.5 Å². The van der Waals surface area contributed by atoms with Crippen LogP contribution in [0.25, 0.3) is 0 Å². The summed E-state index contributed by atoms with van der Waals surface area (Å²) in [4.78, 5) is 29.2. The Hall–Kier alpha value is -2.37. The second-order valence-electron chi connectivity index (χ2n) is 7.55. The SMILES string of the molecule is COC(=O)c1ccc(CN(C(=O)Cc2ccc(Cl)cc2)C2CCN(C)CC2)cc1. The number of rotatable bonds is 6. The number of amides is 1. The number of methoxy groups -OCH3 is 1. The lowest BCUT2D eigenvalue weighted by Crippen LogP contribution is -2.46. The molecule has 1 amide bonds. The highest BCUT2D eigenvalue weighted by Gasteiger charge is 2.27. The molecule has 0 unspecified atom stereocenters. The van der Waals surface area contributed by atoms with Crippen LogP contribution in [0.4, 0.5) is 0 Å². The summed E-state index contributed by atoms with van der Waals surface area (Å²) in [6.07, 6.45) is 2.27. The molecule has 0 saturated carbocycles. The van der Waals surface area contributed by atoms with E-state index in [0.717, 1.165) is 37.1 Å². The van der Waals surface area contributed by atoms with Gasteiger partial charge in [0.25, 0.3) is 0 Å². The number of benzene rings is 2. The molecule has 6 heteroatoms. The molecule has 2 aromatic carbocycles. The molecule has 1 heterocycles. The Bertz CT molecular complexity index is 828. The molecule has 3 rings (SSSR count). The maximum atomic E-state index is 13.2. The number of carbonyl (C=O) groups excluding carboxylic acids is 2. The van der Waals surface area contributed by atoms with E-state index in [9.17, 15) is 9.59 Å². The van der Waals surface area contributed by atoms with Crippen LogP contribution in [0.2, 0.25) is 5.02 Å². The lowest BCUT2D eigenvalue weighted by Gasteiger charge is -2.37. The van der Waals surface area contributed by atoms with Crippen molar-refractivity contribution < 1.29 is 14.3 Å². The zero-order valence-electron chi connectivity index (χ0n) is 16.9. The average Bonchev–Trinajstić information content (AvgIpc) is 2.74. The van der Waals surface area contributed by atoms with Gasteiger partial charge >= 0.3 is 5.97 Å². The van der Waals surface area contributed by atoms with E-state index >= 15 is 0 Å². The molecule has 1 fully saturated rings. The monoisotopic (exact) mass is 414 g/mol. The third-order valence-electron chi connectivity index (χ3n) is 5.45. The molecule has 2 aromatic rings. The van der Waals surface area contributed by atoms with E-state index in [-0.39, 0.29) is 17.9 Å². The summed E-state index contributed by atoms with van der Waals surface area (Å²) in [6.45, 7) is 2.50. The fourth-order valence-corrected chi connectivity index (χ4v) is 3.79. The van der Waals surface area contributed by atoms with Gasteiger partial charge in [0.1, 0.15) is 0 Å². The molecule has 0 bridgehead atoms. The summed E-state index contributed by atoms with van der Waals surface area (Å²) in [5, 5.41) is 0.666. The number of esters is 1. The highest BCUT2D eigenvalue weighted by molar-refractivity contribution is 6.30. The maximum absolute atomic E-state index is 13.2. The van der Waals surface area contributed by atoms with Gasteiger partial charge in [-0.25, -0.2) is 4.79 Å². The van der Waals surface area contributed by atoms with E-state index in [0.29, 0.717) is 23.6 Å². The molecule has 5 nitrogen and oxygen atoms in total. The molecule has 0 aromatic heterocycles. The van der Waals surface area contributed by atoms with Crippen molar-refractivity contribution in [3.63, 3.8) is 0 Å². The second kappa shape index (κ2) is 9.90. The molecule has 29 heavy (non-hydrogen) atoms. The standard InChI is InChI=1S/C23H27ClN2O3/c1-25-13-11-21(12-14-25)26(22(27)15-17-5-9-20(24)10-6-17)16-18-3-7-19(8-4-18)23(28)29-2/h3-10,21H,11-16H2,1-2H3. The molecule has 0 radical (unpaired) electrons. The first-order valence-corrected chi connectivity index (χ1v) is 10.2. The molecular weight excluding hydrogens is 388 g/mol. The maximum Gasteiger partial charge on any atom is 0.337 e.